The normalized spacial score (nSPS) is 11.9. The van der Waals surface area contributed by atoms with Crippen molar-refractivity contribution in [2.75, 3.05) is 0 Å². The summed E-state index contributed by atoms with van der Waals surface area (Å²) in [7, 11) is 0. The summed E-state index contributed by atoms with van der Waals surface area (Å²) in [6.45, 7) is 0. The minimum atomic E-state index is -0.696. The van der Waals surface area contributed by atoms with Gasteiger partial charge in [-0.05, 0) is 34.4 Å². The molecule has 0 saturated heterocycles. The van der Waals surface area contributed by atoms with Crippen molar-refractivity contribution in [1.29, 1.82) is 0 Å². The molecule has 26 heavy (non-hydrogen) atoms. The fourth-order valence-corrected chi connectivity index (χ4v) is 3.16. The molecule has 0 aliphatic carbocycles. The molecular weight excluding hydrogens is 318 g/mol. The average Bonchev–Trinajstić information content (AvgIpc) is 2.75. The van der Waals surface area contributed by atoms with E-state index < -0.39 is 6.10 Å². The van der Waals surface area contributed by atoms with Crippen LogP contribution in [-0.2, 0) is 0 Å². The zero-order chi connectivity index (χ0) is 17.8. The van der Waals surface area contributed by atoms with E-state index in [1.807, 2.05) is 72.8 Å². The molecule has 0 radical (unpaired) electrons. The van der Waals surface area contributed by atoms with Crippen molar-refractivity contribution in [3.63, 3.8) is 0 Å². The van der Waals surface area contributed by atoms with Gasteiger partial charge in [-0.2, -0.15) is 0 Å². The lowest BCUT2D eigenvalue weighted by molar-refractivity contribution is 0.221. The van der Waals surface area contributed by atoms with Crippen LogP contribution in [0.2, 0.25) is 0 Å². The molecule has 0 saturated carbocycles. The van der Waals surface area contributed by atoms with Crippen LogP contribution in [0.25, 0.3) is 22.4 Å². The van der Waals surface area contributed by atoms with Gasteiger partial charge >= 0.3 is 0 Å². The number of benzene rings is 3. The van der Waals surface area contributed by atoms with Gasteiger partial charge in [-0.25, -0.2) is 0 Å². The second kappa shape index (κ2) is 7.34. The average molecular weight is 337 g/mol. The third-order valence-electron chi connectivity index (χ3n) is 4.53. The molecule has 126 valence electrons. The van der Waals surface area contributed by atoms with E-state index in [0.29, 0.717) is 0 Å². The molecule has 0 bridgehead atoms. The molecule has 1 heterocycles. The predicted molar refractivity (Wildman–Crippen MR) is 106 cm³/mol. The highest BCUT2D eigenvalue weighted by molar-refractivity contribution is 5.66. The maximum Gasteiger partial charge on any atom is 0.105 e. The monoisotopic (exact) mass is 337 g/mol. The third-order valence-corrected chi connectivity index (χ3v) is 4.53. The van der Waals surface area contributed by atoms with Gasteiger partial charge in [-0.15, -0.1) is 0 Å². The van der Waals surface area contributed by atoms with Gasteiger partial charge in [0.15, 0.2) is 0 Å². The Labute approximate surface area is 153 Å². The molecule has 0 fully saturated rings. The minimum Gasteiger partial charge on any atom is -0.384 e. The lowest BCUT2D eigenvalue weighted by atomic mass is 9.94. The smallest absolute Gasteiger partial charge is 0.105 e. The number of nitrogens with zero attached hydrogens (tertiary/aromatic N) is 1. The Morgan fingerprint density at radius 3 is 2.00 bits per heavy atom. The summed E-state index contributed by atoms with van der Waals surface area (Å²) in [5.41, 5.74) is 5.85. The molecule has 1 N–H and O–H groups in total. The van der Waals surface area contributed by atoms with Gasteiger partial charge in [0.2, 0.25) is 0 Å². The number of rotatable bonds is 4. The Balaban J connectivity index is 1.68. The lowest BCUT2D eigenvalue weighted by Gasteiger charge is -2.16. The van der Waals surface area contributed by atoms with E-state index in [1.54, 1.807) is 6.20 Å². The number of pyridine rings is 1. The van der Waals surface area contributed by atoms with Crippen molar-refractivity contribution in [2.45, 2.75) is 6.10 Å². The van der Waals surface area contributed by atoms with E-state index in [9.17, 15) is 5.11 Å². The first kappa shape index (κ1) is 16.2. The van der Waals surface area contributed by atoms with Crippen molar-refractivity contribution >= 4 is 0 Å². The van der Waals surface area contributed by atoms with Crippen molar-refractivity contribution in [1.82, 2.24) is 4.98 Å². The summed E-state index contributed by atoms with van der Waals surface area (Å²) in [6.07, 6.45) is 1.07. The highest BCUT2D eigenvalue weighted by Gasteiger charge is 2.16. The van der Waals surface area contributed by atoms with Crippen LogP contribution in [0.3, 0.4) is 0 Å². The van der Waals surface area contributed by atoms with Crippen LogP contribution in [0.5, 0.6) is 0 Å². The van der Waals surface area contributed by atoms with Gasteiger partial charge in [0.1, 0.15) is 6.10 Å². The van der Waals surface area contributed by atoms with Crippen LogP contribution in [-0.4, -0.2) is 10.1 Å². The molecule has 0 aliphatic heterocycles. The second-order valence-corrected chi connectivity index (χ2v) is 6.19. The van der Waals surface area contributed by atoms with E-state index in [4.69, 9.17) is 0 Å². The quantitative estimate of drug-likeness (QED) is 0.533. The molecule has 1 aromatic heterocycles. The zero-order valence-electron chi connectivity index (χ0n) is 14.3. The molecular formula is C24H19NO. The maximum atomic E-state index is 11.0. The standard InChI is InChI=1S/C24H19NO/c26-24(20-15-13-19(14-16-20)18-8-2-1-3-9-18)22-11-5-4-10-21(22)23-12-6-7-17-25-23/h1-17,24,26H. The van der Waals surface area contributed by atoms with Crippen LogP contribution < -0.4 is 0 Å². The number of aliphatic hydroxyl groups excluding tert-OH is 1. The Hall–Kier alpha value is -3.23. The molecule has 2 nitrogen and oxygen atoms in total. The molecule has 1 atom stereocenters. The fraction of sp³-hybridized carbons (Fsp3) is 0.0417. The van der Waals surface area contributed by atoms with Crippen molar-refractivity contribution < 1.29 is 5.11 Å². The molecule has 0 amide bonds. The van der Waals surface area contributed by atoms with E-state index in [-0.39, 0.29) is 0 Å². The Morgan fingerprint density at radius 2 is 1.27 bits per heavy atom. The predicted octanol–water partition coefficient (Wildman–Crippen LogP) is 5.50. The van der Waals surface area contributed by atoms with E-state index in [2.05, 4.69) is 29.2 Å². The Bertz CT molecular complexity index is 979. The van der Waals surface area contributed by atoms with Gasteiger partial charge in [-0.1, -0.05) is 84.9 Å². The molecule has 4 aromatic rings. The number of hydrogen-bond acceptors (Lipinski definition) is 2. The molecule has 0 spiro atoms. The van der Waals surface area contributed by atoms with Crippen LogP contribution in [0.1, 0.15) is 17.2 Å². The number of aromatic nitrogens is 1. The van der Waals surface area contributed by atoms with Crippen molar-refractivity contribution in [3.05, 3.63) is 114 Å². The summed E-state index contributed by atoms with van der Waals surface area (Å²) in [6, 6.07) is 32.0. The highest BCUT2D eigenvalue weighted by atomic mass is 16.3. The van der Waals surface area contributed by atoms with Crippen molar-refractivity contribution in [3.8, 4) is 22.4 Å². The topological polar surface area (TPSA) is 33.1 Å². The second-order valence-electron chi connectivity index (χ2n) is 6.19. The fourth-order valence-electron chi connectivity index (χ4n) is 3.16. The maximum absolute atomic E-state index is 11.0. The first-order chi connectivity index (χ1) is 12.8. The van der Waals surface area contributed by atoms with Crippen LogP contribution >= 0.6 is 0 Å². The van der Waals surface area contributed by atoms with Crippen LogP contribution in [0.4, 0.5) is 0 Å². The highest BCUT2D eigenvalue weighted by Crippen LogP contribution is 2.31. The van der Waals surface area contributed by atoms with Gasteiger partial charge in [0, 0.05) is 11.8 Å². The molecule has 1 unspecified atom stereocenters. The van der Waals surface area contributed by atoms with Crippen molar-refractivity contribution in [2.24, 2.45) is 0 Å². The van der Waals surface area contributed by atoms with Gasteiger partial charge < -0.3 is 5.11 Å². The first-order valence-electron chi connectivity index (χ1n) is 8.67. The zero-order valence-corrected chi connectivity index (χ0v) is 14.3. The summed E-state index contributed by atoms with van der Waals surface area (Å²) < 4.78 is 0. The first-order valence-corrected chi connectivity index (χ1v) is 8.67. The molecule has 4 rings (SSSR count). The van der Waals surface area contributed by atoms with E-state index in [0.717, 1.165) is 27.9 Å². The molecule has 0 aliphatic rings. The summed E-state index contributed by atoms with van der Waals surface area (Å²) >= 11 is 0. The summed E-state index contributed by atoms with van der Waals surface area (Å²) in [5.74, 6) is 0. The Morgan fingerprint density at radius 1 is 0.615 bits per heavy atom. The van der Waals surface area contributed by atoms with Gasteiger partial charge in [-0.3, -0.25) is 4.98 Å². The molecule has 2 heteroatoms. The van der Waals surface area contributed by atoms with Crippen LogP contribution in [0.15, 0.2) is 103 Å². The lowest BCUT2D eigenvalue weighted by Crippen LogP contribution is -2.02. The van der Waals surface area contributed by atoms with Gasteiger partial charge in [0.25, 0.3) is 0 Å². The Kier molecular flexibility index (Phi) is 4.59. The number of aliphatic hydroxyl groups is 1. The van der Waals surface area contributed by atoms with Crippen LogP contribution in [0, 0.1) is 0 Å². The summed E-state index contributed by atoms with van der Waals surface area (Å²) in [5, 5.41) is 11.0. The minimum absolute atomic E-state index is 0.696. The third kappa shape index (κ3) is 3.28. The van der Waals surface area contributed by atoms with E-state index in [1.165, 1.54) is 5.56 Å². The van der Waals surface area contributed by atoms with Gasteiger partial charge in [0.05, 0.1) is 5.69 Å². The number of hydrogen-bond donors (Lipinski definition) is 1. The largest absolute Gasteiger partial charge is 0.384 e. The summed E-state index contributed by atoms with van der Waals surface area (Å²) in [4.78, 5) is 4.43. The molecule has 3 aromatic carbocycles. The SMILES string of the molecule is OC(c1ccc(-c2ccccc2)cc1)c1ccccc1-c1ccccn1. The van der Waals surface area contributed by atoms with E-state index >= 15 is 0 Å².